The van der Waals surface area contributed by atoms with Crippen LogP contribution in [0.3, 0.4) is 0 Å². The average Bonchev–Trinajstić information content (AvgIpc) is 2.38. The van der Waals surface area contributed by atoms with Gasteiger partial charge < -0.3 is 23.7 Å². The van der Waals surface area contributed by atoms with Gasteiger partial charge in [0, 0.05) is 0 Å². The molecule has 0 fully saturated rings. The molecule has 0 rings (SSSR count). The number of ether oxygens (including phenoxy) is 5. The number of carbonyl (C=O) groups excluding carboxylic acids is 1. The van der Waals surface area contributed by atoms with Crippen LogP contribution in [0.25, 0.3) is 0 Å². The molecule has 0 bridgehead atoms. The number of hydrogen-bond donors (Lipinski definition) is 0. The molecule has 21 heavy (non-hydrogen) atoms. The van der Waals surface area contributed by atoms with E-state index in [4.69, 9.17) is 23.7 Å². The summed E-state index contributed by atoms with van der Waals surface area (Å²) in [5.41, 5.74) is -0.448. The highest BCUT2D eigenvalue weighted by Crippen LogP contribution is 2.07. The molecule has 0 spiro atoms. The van der Waals surface area contributed by atoms with E-state index < -0.39 is 5.60 Å². The van der Waals surface area contributed by atoms with Crippen molar-refractivity contribution in [1.29, 1.82) is 0 Å². The lowest BCUT2D eigenvalue weighted by molar-refractivity contribution is -0.156. The van der Waals surface area contributed by atoms with Crippen molar-refractivity contribution in [2.75, 3.05) is 46.2 Å². The summed E-state index contributed by atoms with van der Waals surface area (Å²) in [5, 5.41) is 0. The van der Waals surface area contributed by atoms with Crippen LogP contribution < -0.4 is 0 Å². The van der Waals surface area contributed by atoms with Crippen LogP contribution >= 0.6 is 0 Å². The molecule has 0 unspecified atom stereocenters. The quantitative estimate of drug-likeness (QED) is 0.294. The molecule has 0 aromatic heterocycles. The molecule has 0 saturated carbocycles. The van der Waals surface area contributed by atoms with Gasteiger partial charge in [-0.1, -0.05) is 6.58 Å². The highest BCUT2D eigenvalue weighted by Gasteiger charge is 2.15. The van der Waals surface area contributed by atoms with Crippen molar-refractivity contribution in [3.8, 4) is 0 Å². The van der Waals surface area contributed by atoms with Crippen molar-refractivity contribution in [3.63, 3.8) is 0 Å². The van der Waals surface area contributed by atoms with Gasteiger partial charge in [0.15, 0.2) is 0 Å². The molecule has 0 aromatic carbocycles. The molecule has 0 heterocycles. The molecular weight excluding hydrogens is 276 g/mol. The van der Waals surface area contributed by atoms with E-state index in [1.54, 1.807) is 0 Å². The predicted octanol–water partition coefficient (Wildman–Crippen LogP) is 1.93. The minimum Gasteiger partial charge on any atom is -0.499 e. The maximum absolute atomic E-state index is 11.4. The fourth-order valence-electron chi connectivity index (χ4n) is 1.28. The Bertz CT molecular complexity index is 272. The van der Waals surface area contributed by atoms with Crippen LogP contribution in [-0.4, -0.2) is 57.8 Å². The highest BCUT2D eigenvalue weighted by atomic mass is 16.6. The van der Waals surface area contributed by atoms with Gasteiger partial charge in [-0.05, 0) is 20.8 Å². The van der Waals surface area contributed by atoms with Gasteiger partial charge in [0.1, 0.15) is 12.2 Å². The van der Waals surface area contributed by atoms with Crippen LogP contribution in [0.5, 0.6) is 0 Å². The van der Waals surface area contributed by atoms with E-state index in [0.717, 1.165) is 0 Å². The molecule has 0 saturated heterocycles. The predicted molar refractivity (Wildman–Crippen MR) is 79.1 cm³/mol. The van der Waals surface area contributed by atoms with E-state index in [0.29, 0.717) is 46.2 Å². The second kappa shape index (κ2) is 12.6. The van der Waals surface area contributed by atoms with Gasteiger partial charge in [-0.3, -0.25) is 4.79 Å². The lowest BCUT2D eigenvalue weighted by Crippen LogP contribution is -2.24. The fourth-order valence-corrected chi connectivity index (χ4v) is 1.28. The zero-order chi connectivity index (χ0) is 16.0. The lowest BCUT2D eigenvalue weighted by Gasteiger charge is -2.19. The van der Waals surface area contributed by atoms with Gasteiger partial charge in [-0.25, -0.2) is 0 Å². The number of carbonyl (C=O) groups is 1. The second-order valence-corrected chi connectivity index (χ2v) is 5.21. The molecule has 0 atom stereocenters. The van der Waals surface area contributed by atoms with E-state index in [9.17, 15) is 4.79 Å². The fraction of sp³-hybridized carbons (Fsp3) is 0.800. The van der Waals surface area contributed by atoms with Crippen LogP contribution in [0.2, 0.25) is 0 Å². The largest absolute Gasteiger partial charge is 0.499 e. The maximum atomic E-state index is 11.4. The monoisotopic (exact) mass is 304 g/mol. The first-order chi connectivity index (χ1) is 9.95. The third kappa shape index (κ3) is 16.8. The molecule has 0 radical (unpaired) electrons. The maximum Gasteiger partial charge on any atom is 0.308 e. The standard InChI is InChI=1S/C15H28O6/c1-5-17-8-9-19-12-13-20-11-10-18-7-6-14(16)21-15(2,3)4/h5H,1,6-13H2,2-4H3. The molecule has 6 nitrogen and oxygen atoms in total. The van der Waals surface area contributed by atoms with Gasteiger partial charge in [-0.2, -0.15) is 0 Å². The van der Waals surface area contributed by atoms with Crippen LogP contribution in [0.15, 0.2) is 12.8 Å². The van der Waals surface area contributed by atoms with E-state index >= 15 is 0 Å². The van der Waals surface area contributed by atoms with Gasteiger partial charge in [0.05, 0.1) is 52.3 Å². The first-order valence-electron chi connectivity index (χ1n) is 7.13. The van der Waals surface area contributed by atoms with E-state index in [2.05, 4.69) is 6.58 Å². The second-order valence-electron chi connectivity index (χ2n) is 5.21. The Kier molecular flexibility index (Phi) is 12.0. The Morgan fingerprint density at radius 2 is 1.38 bits per heavy atom. The molecular formula is C15H28O6. The van der Waals surface area contributed by atoms with E-state index in [1.807, 2.05) is 20.8 Å². The SMILES string of the molecule is C=COCCOCCOCCOCCC(=O)OC(C)(C)C. The van der Waals surface area contributed by atoms with Crippen LogP contribution in [0.1, 0.15) is 27.2 Å². The number of rotatable bonds is 13. The van der Waals surface area contributed by atoms with Crippen molar-refractivity contribution in [2.24, 2.45) is 0 Å². The minimum atomic E-state index is -0.448. The van der Waals surface area contributed by atoms with Crippen LogP contribution in [0, 0.1) is 0 Å². The van der Waals surface area contributed by atoms with Gasteiger partial charge in [0.2, 0.25) is 0 Å². The zero-order valence-electron chi connectivity index (χ0n) is 13.4. The summed E-state index contributed by atoms with van der Waals surface area (Å²) in [6.45, 7) is 12.2. The molecule has 124 valence electrons. The van der Waals surface area contributed by atoms with Crippen molar-refractivity contribution < 1.29 is 28.5 Å². The summed E-state index contributed by atoms with van der Waals surface area (Å²) in [7, 11) is 0. The lowest BCUT2D eigenvalue weighted by atomic mass is 10.2. The Hall–Kier alpha value is -1.11. The summed E-state index contributed by atoms with van der Waals surface area (Å²) < 4.78 is 25.9. The smallest absolute Gasteiger partial charge is 0.308 e. The Morgan fingerprint density at radius 3 is 1.86 bits per heavy atom. The van der Waals surface area contributed by atoms with E-state index in [-0.39, 0.29) is 12.4 Å². The summed E-state index contributed by atoms with van der Waals surface area (Å²) in [4.78, 5) is 11.4. The highest BCUT2D eigenvalue weighted by molar-refractivity contribution is 5.69. The van der Waals surface area contributed by atoms with E-state index in [1.165, 1.54) is 6.26 Å². The minimum absolute atomic E-state index is 0.251. The molecule has 0 aliphatic rings. The van der Waals surface area contributed by atoms with Crippen molar-refractivity contribution in [3.05, 3.63) is 12.8 Å². The normalized spacial score (nSPS) is 11.2. The average molecular weight is 304 g/mol. The number of hydrogen-bond acceptors (Lipinski definition) is 6. The molecule has 6 heteroatoms. The zero-order valence-corrected chi connectivity index (χ0v) is 13.4. The van der Waals surface area contributed by atoms with Gasteiger partial charge in [-0.15, -0.1) is 0 Å². The van der Waals surface area contributed by atoms with Gasteiger partial charge >= 0.3 is 5.97 Å². The van der Waals surface area contributed by atoms with Crippen molar-refractivity contribution in [1.82, 2.24) is 0 Å². The molecule has 0 N–H and O–H groups in total. The topological polar surface area (TPSA) is 63.2 Å². The van der Waals surface area contributed by atoms with Crippen LogP contribution in [-0.2, 0) is 28.5 Å². The summed E-state index contributed by atoms with van der Waals surface area (Å²) >= 11 is 0. The Morgan fingerprint density at radius 1 is 0.905 bits per heavy atom. The third-order valence-electron chi connectivity index (χ3n) is 2.08. The van der Waals surface area contributed by atoms with Crippen molar-refractivity contribution >= 4 is 5.97 Å². The van der Waals surface area contributed by atoms with Gasteiger partial charge in [0.25, 0.3) is 0 Å². The summed E-state index contributed by atoms with van der Waals surface area (Å²) in [6, 6.07) is 0. The van der Waals surface area contributed by atoms with Crippen LogP contribution in [0.4, 0.5) is 0 Å². The molecule has 0 amide bonds. The Labute approximate surface area is 127 Å². The molecule has 0 aliphatic carbocycles. The first-order valence-corrected chi connectivity index (χ1v) is 7.13. The first kappa shape index (κ1) is 19.9. The molecule has 0 aromatic rings. The summed E-state index contributed by atoms with van der Waals surface area (Å²) in [5.74, 6) is -0.251. The summed E-state index contributed by atoms with van der Waals surface area (Å²) in [6.07, 6.45) is 1.64. The van der Waals surface area contributed by atoms with Crippen molar-refractivity contribution in [2.45, 2.75) is 32.8 Å². The Balaban J connectivity index is 3.19. The molecule has 0 aliphatic heterocycles. The number of esters is 1. The third-order valence-corrected chi connectivity index (χ3v) is 2.08.